The van der Waals surface area contributed by atoms with Gasteiger partial charge in [0.15, 0.2) is 0 Å². The normalized spacial score (nSPS) is 24.8. The van der Waals surface area contributed by atoms with Crippen molar-refractivity contribution >= 4 is 23.1 Å². The van der Waals surface area contributed by atoms with Crippen LogP contribution in [0, 0.1) is 0 Å². The van der Waals surface area contributed by atoms with Crippen LogP contribution < -0.4 is 9.64 Å². The Kier molecular flexibility index (Phi) is 6.75. The third-order valence-electron chi connectivity index (χ3n) is 7.47. The van der Waals surface area contributed by atoms with Gasteiger partial charge in [-0.3, -0.25) is 9.59 Å². The van der Waals surface area contributed by atoms with Crippen LogP contribution in [0.15, 0.2) is 48.0 Å². The van der Waals surface area contributed by atoms with Crippen molar-refractivity contribution in [3.05, 3.63) is 64.7 Å². The molecule has 3 atom stereocenters. The average Bonchev–Trinajstić information content (AvgIpc) is 3.59. The first-order chi connectivity index (χ1) is 17.4. The zero-order valence-corrected chi connectivity index (χ0v) is 21.2. The first-order valence-corrected chi connectivity index (χ1v) is 13.0. The molecule has 5 rings (SSSR count). The van der Waals surface area contributed by atoms with Crippen LogP contribution in [-0.4, -0.2) is 60.1 Å². The number of ether oxygens (including phenoxy) is 2. The van der Waals surface area contributed by atoms with Crippen molar-refractivity contribution < 1.29 is 24.2 Å². The van der Waals surface area contributed by atoms with E-state index in [0.717, 1.165) is 54.9 Å². The Balaban J connectivity index is 1.57. The Morgan fingerprint density at radius 2 is 1.86 bits per heavy atom. The lowest BCUT2D eigenvalue weighted by atomic mass is 9.94. The first kappa shape index (κ1) is 24.4. The van der Waals surface area contributed by atoms with E-state index in [2.05, 4.69) is 18.7 Å². The fraction of sp³-hybridized carbons (Fsp3) is 0.448. The summed E-state index contributed by atoms with van der Waals surface area (Å²) in [5.41, 5.74) is 3.50. The number of ketones is 1. The quantitative estimate of drug-likeness (QED) is 0.351. The van der Waals surface area contributed by atoms with Crippen molar-refractivity contribution in [2.45, 2.75) is 58.3 Å². The lowest BCUT2D eigenvalue weighted by molar-refractivity contribution is -0.140. The second-order valence-corrected chi connectivity index (χ2v) is 9.81. The Labute approximate surface area is 212 Å². The molecule has 2 saturated heterocycles. The molecule has 0 radical (unpaired) electrons. The third kappa shape index (κ3) is 4.37. The van der Waals surface area contributed by atoms with Gasteiger partial charge in [0.25, 0.3) is 11.7 Å². The van der Waals surface area contributed by atoms with E-state index in [1.807, 2.05) is 43.3 Å². The van der Waals surface area contributed by atoms with E-state index < -0.39 is 17.7 Å². The smallest absolute Gasteiger partial charge is 0.295 e. The molecule has 0 spiro atoms. The summed E-state index contributed by atoms with van der Waals surface area (Å²) in [6.45, 7) is 8.96. The highest BCUT2D eigenvalue weighted by Crippen LogP contribution is 2.41. The Bertz CT molecular complexity index is 1180. The van der Waals surface area contributed by atoms with E-state index in [9.17, 15) is 14.7 Å². The van der Waals surface area contributed by atoms with Crippen molar-refractivity contribution in [2.24, 2.45) is 0 Å². The highest BCUT2D eigenvalue weighted by atomic mass is 16.5. The minimum absolute atomic E-state index is 0.0682. The summed E-state index contributed by atoms with van der Waals surface area (Å²) in [5, 5.41) is 11.4. The molecule has 0 aliphatic carbocycles. The van der Waals surface area contributed by atoms with Crippen LogP contribution in [-0.2, 0) is 20.7 Å². The topological polar surface area (TPSA) is 79.3 Å². The molecular weight excluding hydrogens is 456 g/mol. The molecule has 190 valence electrons. The summed E-state index contributed by atoms with van der Waals surface area (Å²) in [7, 11) is 0. The minimum atomic E-state index is -0.677. The van der Waals surface area contributed by atoms with E-state index in [4.69, 9.17) is 9.47 Å². The van der Waals surface area contributed by atoms with E-state index in [0.29, 0.717) is 18.7 Å². The number of hydrogen-bond acceptors (Lipinski definition) is 6. The number of carbonyl (C=O) groups excluding carboxylic acids is 2. The molecule has 2 aromatic rings. The number of aliphatic hydroxyl groups is 1. The van der Waals surface area contributed by atoms with Crippen molar-refractivity contribution in [1.82, 2.24) is 4.90 Å². The lowest BCUT2D eigenvalue weighted by Crippen LogP contribution is -2.36. The number of anilines is 1. The van der Waals surface area contributed by atoms with Crippen LogP contribution in [0.4, 0.5) is 5.69 Å². The number of fused-ring (bicyclic) bond motifs is 1. The summed E-state index contributed by atoms with van der Waals surface area (Å²) < 4.78 is 11.6. The second-order valence-electron chi connectivity index (χ2n) is 9.81. The predicted octanol–water partition coefficient (Wildman–Crippen LogP) is 4.46. The van der Waals surface area contributed by atoms with Crippen molar-refractivity contribution in [1.29, 1.82) is 0 Å². The van der Waals surface area contributed by atoms with Gasteiger partial charge in [0, 0.05) is 43.9 Å². The van der Waals surface area contributed by atoms with Gasteiger partial charge in [0.2, 0.25) is 0 Å². The van der Waals surface area contributed by atoms with Crippen LogP contribution in [0.25, 0.3) is 5.76 Å². The monoisotopic (exact) mass is 490 g/mol. The van der Waals surface area contributed by atoms with Crippen molar-refractivity contribution in [3.63, 3.8) is 0 Å². The molecule has 2 aromatic carbocycles. The molecule has 1 N–H and O–H groups in total. The molecular formula is C29H34N2O5. The molecule has 7 heteroatoms. The van der Waals surface area contributed by atoms with Gasteiger partial charge in [0.1, 0.15) is 17.6 Å². The summed E-state index contributed by atoms with van der Waals surface area (Å²) in [4.78, 5) is 30.4. The van der Waals surface area contributed by atoms with Crippen LogP contribution in [0.3, 0.4) is 0 Å². The number of amides is 1. The molecule has 3 heterocycles. The van der Waals surface area contributed by atoms with Crippen LogP contribution in [0.1, 0.15) is 56.3 Å². The lowest BCUT2D eigenvalue weighted by Gasteiger charge is -2.28. The fourth-order valence-electron chi connectivity index (χ4n) is 5.60. The molecule has 0 saturated carbocycles. The largest absolute Gasteiger partial charge is 0.507 e. The van der Waals surface area contributed by atoms with Crippen molar-refractivity contribution in [2.75, 3.05) is 31.1 Å². The Morgan fingerprint density at radius 3 is 2.53 bits per heavy atom. The molecule has 0 bridgehead atoms. The molecule has 36 heavy (non-hydrogen) atoms. The average molecular weight is 491 g/mol. The molecule has 3 aliphatic heterocycles. The zero-order chi connectivity index (χ0) is 25.4. The van der Waals surface area contributed by atoms with Crippen LogP contribution in [0.2, 0.25) is 0 Å². The summed E-state index contributed by atoms with van der Waals surface area (Å²) in [6.07, 6.45) is 2.48. The second kappa shape index (κ2) is 9.97. The van der Waals surface area contributed by atoms with Gasteiger partial charge < -0.3 is 24.4 Å². The summed E-state index contributed by atoms with van der Waals surface area (Å²) in [5.74, 6) is -0.610. The molecule has 3 unspecified atom stereocenters. The molecule has 2 fully saturated rings. The maximum Gasteiger partial charge on any atom is 0.295 e. The van der Waals surface area contributed by atoms with Crippen molar-refractivity contribution in [3.8, 4) is 5.75 Å². The maximum atomic E-state index is 13.4. The van der Waals surface area contributed by atoms with Gasteiger partial charge in [-0.15, -0.1) is 0 Å². The van der Waals surface area contributed by atoms with Crippen LogP contribution in [0.5, 0.6) is 5.75 Å². The number of hydrogen-bond donors (Lipinski definition) is 1. The van der Waals surface area contributed by atoms with E-state index in [1.54, 1.807) is 11.0 Å². The number of benzene rings is 2. The molecule has 7 nitrogen and oxygen atoms in total. The van der Waals surface area contributed by atoms with Gasteiger partial charge in [-0.25, -0.2) is 0 Å². The van der Waals surface area contributed by atoms with Gasteiger partial charge in [-0.05, 0) is 75.1 Å². The number of aliphatic hydroxyl groups excluding tert-OH is 1. The third-order valence-corrected chi connectivity index (χ3v) is 7.47. The maximum absolute atomic E-state index is 13.4. The van der Waals surface area contributed by atoms with Gasteiger partial charge in [0.05, 0.1) is 17.7 Å². The SMILES string of the molecule is CCN(CC)c1ccc(C2/C(=C(/O)c3ccc4c(c3)CC(C)O4)C(=O)C(=O)N2CC2CCCO2)cc1. The van der Waals surface area contributed by atoms with Gasteiger partial charge >= 0.3 is 0 Å². The number of rotatable bonds is 7. The number of nitrogens with zero attached hydrogens (tertiary/aromatic N) is 2. The zero-order valence-electron chi connectivity index (χ0n) is 21.2. The number of Topliss-reactive ketones (excluding diaryl/α,β-unsaturated/α-hetero) is 1. The Morgan fingerprint density at radius 1 is 1.11 bits per heavy atom. The number of likely N-dealkylation sites (tertiary alicyclic amines) is 1. The summed E-state index contributed by atoms with van der Waals surface area (Å²) in [6, 6.07) is 12.7. The molecule has 3 aliphatic rings. The Hall–Kier alpha value is -3.32. The molecule has 1 amide bonds. The minimum Gasteiger partial charge on any atom is -0.507 e. The molecule has 0 aromatic heterocycles. The van der Waals surface area contributed by atoms with Crippen LogP contribution >= 0.6 is 0 Å². The highest BCUT2D eigenvalue weighted by molar-refractivity contribution is 6.46. The fourth-order valence-corrected chi connectivity index (χ4v) is 5.60. The predicted molar refractivity (Wildman–Crippen MR) is 138 cm³/mol. The standard InChI is InChI=1S/C29H34N2O5/c1-4-30(5-2)22-11-8-19(9-12-22)26-25(28(33)29(34)31(26)17-23-7-6-14-35-23)27(32)20-10-13-24-21(16-20)15-18(3)36-24/h8-13,16,18,23,26,32H,4-7,14-15,17H2,1-3H3/b27-25-. The number of carbonyl (C=O) groups is 2. The van der Waals surface area contributed by atoms with E-state index in [1.165, 1.54) is 0 Å². The first-order valence-electron chi connectivity index (χ1n) is 13.0. The van der Waals surface area contributed by atoms with Gasteiger partial charge in [-0.1, -0.05) is 12.1 Å². The van der Waals surface area contributed by atoms with Gasteiger partial charge in [-0.2, -0.15) is 0 Å². The van der Waals surface area contributed by atoms with E-state index >= 15 is 0 Å². The summed E-state index contributed by atoms with van der Waals surface area (Å²) >= 11 is 0. The highest BCUT2D eigenvalue weighted by Gasteiger charge is 2.47. The van der Waals surface area contributed by atoms with E-state index in [-0.39, 0.29) is 23.5 Å².